The van der Waals surface area contributed by atoms with Crippen LogP contribution >= 0.6 is 0 Å². The molecule has 0 atom stereocenters. The van der Waals surface area contributed by atoms with Gasteiger partial charge in [-0.1, -0.05) is 69.9 Å². The lowest BCUT2D eigenvalue weighted by atomic mass is 9.75. The fourth-order valence-electron chi connectivity index (χ4n) is 6.74. The van der Waals surface area contributed by atoms with E-state index in [1.807, 2.05) is 0 Å². The average Bonchev–Trinajstić information content (AvgIpc) is 3.01. The van der Waals surface area contributed by atoms with Crippen molar-refractivity contribution >= 4 is 30.4 Å². The molecule has 0 bridgehead atoms. The molecule has 3 aliphatic rings. The van der Waals surface area contributed by atoms with E-state index < -0.39 is 69.9 Å². The lowest BCUT2D eigenvalue weighted by Crippen LogP contribution is -2.62. The quantitative estimate of drug-likeness (QED) is 0.125. The summed E-state index contributed by atoms with van der Waals surface area (Å²) in [4.78, 5) is 0. The van der Waals surface area contributed by atoms with Gasteiger partial charge < -0.3 is 4.18 Å². The van der Waals surface area contributed by atoms with Gasteiger partial charge in [0.1, 0.15) is 5.75 Å². The minimum Gasteiger partial charge on any atom is -0.377 e. The molecule has 48 heavy (non-hydrogen) atoms. The molecule has 20 heteroatoms. The summed E-state index contributed by atoms with van der Waals surface area (Å²) in [6.45, 7) is 0. The fraction of sp³-hybridized carbons (Fsp3) is 0.786. The highest BCUT2D eigenvalue weighted by Crippen LogP contribution is 2.54. The highest BCUT2D eigenvalue weighted by atomic mass is 32.3. The Morgan fingerprint density at radius 3 is 1.23 bits per heavy atom. The van der Waals surface area contributed by atoms with Gasteiger partial charge in [-0.2, -0.15) is 64.8 Å². The van der Waals surface area contributed by atoms with E-state index >= 15 is 8.78 Å². The topological polar surface area (TPSA) is 121 Å². The van der Waals surface area contributed by atoms with Crippen LogP contribution in [0.2, 0.25) is 0 Å². The van der Waals surface area contributed by atoms with Crippen LogP contribution in [0.4, 0.5) is 39.5 Å². The van der Waals surface area contributed by atoms with Gasteiger partial charge in [0.25, 0.3) is 0 Å². The average molecular weight is 767 g/mol. The second kappa shape index (κ2) is 13.7. The van der Waals surface area contributed by atoms with Crippen molar-refractivity contribution in [3.05, 3.63) is 28.8 Å². The number of alkyl halides is 9. The summed E-state index contributed by atoms with van der Waals surface area (Å²) in [5.41, 5.74) is -5.81. The zero-order valence-electron chi connectivity index (χ0n) is 25.4. The summed E-state index contributed by atoms with van der Waals surface area (Å²) in [6, 6.07) is 3.13. The van der Waals surface area contributed by atoms with Crippen molar-refractivity contribution in [1.29, 1.82) is 0 Å². The largest absolute Gasteiger partial charge is 0.524 e. The third kappa shape index (κ3) is 7.31. The summed E-state index contributed by atoms with van der Waals surface area (Å²) in [6.07, 6.45) is 10.2. The maximum absolute atomic E-state index is 15.2. The molecular formula is C28H35F9O8S3. The monoisotopic (exact) mass is 766 g/mol. The molecule has 0 aromatic heterocycles. The van der Waals surface area contributed by atoms with E-state index in [0.29, 0.717) is 51.4 Å². The summed E-state index contributed by atoms with van der Waals surface area (Å²) < 4.78 is 205. The van der Waals surface area contributed by atoms with Crippen LogP contribution in [0, 0.1) is 0 Å². The van der Waals surface area contributed by atoms with Crippen LogP contribution < -0.4 is 4.18 Å². The molecule has 0 N–H and O–H groups in total. The van der Waals surface area contributed by atoms with Crippen LogP contribution in [0.15, 0.2) is 12.1 Å². The molecule has 8 nitrogen and oxygen atoms in total. The van der Waals surface area contributed by atoms with E-state index in [1.54, 1.807) is 12.1 Å². The first-order valence-electron chi connectivity index (χ1n) is 15.5. The van der Waals surface area contributed by atoms with Crippen molar-refractivity contribution < 1.29 is 72.6 Å². The van der Waals surface area contributed by atoms with Crippen molar-refractivity contribution in [2.24, 2.45) is 0 Å². The van der Waals surface area contributed by atoms with Gasteiger partial charge in [-0.05, 0) is 73.0 Å². The number of hydrogen-bond donors (Lipinski definition) is 0. The number of halogens is 9. The lowest BCUT2D eigenvalue weighted by molar-refractivity contribution is -0.247. The molecule has 0 aliphatic heterocycles. The molecule has 0 spiro atoms. The van der Waals surface area contributed by atoms with Crippen LogP contribution in [-0.4, -0.2) is 47.2 Å². The maximum atomic E-state index is 15.2. The molecule has 0 unspecified atom stereocenters. The normalized spacial score (nSPS) is 20.9. The smallest absolute Gasteiger partial charge is 0.377 e. The van der Waals surface area contributed by atoms with Crippen molar-refractivity contribution in [2.45, 2.75) is 136 Å². The van der Waals surface area contributed by atoms with E-state index in [0.717, 1.165) is 50.5 Å². The van der Waals surface area contributed by atoms with Crippen LogP contribution in [0.3, 0.4) is 0 Å². The third-order valence-electron chi connectivity index (χ3n) is 9.35. The van der Waals surface area contributed by atoms with Crippen LogP contribution in [0.1, 0.15) is 131 Å². The van der Waals surface area contributed by atoms with Gasteiger partial charge >= 0.3 is 52.3 Å². The zero-order valence-corrected chi connectivity index (χ0v) is 27.8. The van der Waals surface area contributed by atoms with Crippen molar-refractivity contribution in [1.82, 2.24) is 0 Å². The summed E-state index contributed by atoms with van der Waals surface area (Å²) in [5.74, 6) is -9.35. The van der Waals surface area contributed by atoms with E-state index in [9.17, 15) is 56.0 Å². The standard InChI is InChI=1S/C28H35F9O8S3/c29-25(30,27(33,34)47(40,41)45-48(42,43)28(35,36)37)26(31,32)46(38,39)44-24-22(19-12-6-2-7-13-19)16-21(18-10-4-1-5-11-18)17-23(24)20-14-8-3-9-15-20/h16-20H,1-15H2. The number of benzene rings is 1. The molecule has 0 heterocycles. The second-order valence-corrected chi connectivity index (χ2v) is 17.5. The molecular weight excluding hydrogens is 731 g/mol. The van der Waals surface area contributed by atoms with Crippen molar-refractivity contribution in [3.63, 3.8) is 0 Å². The predicted octanol–water partition coefficient (Wildman–Crippen LogP) is 8.56. The first kappa shape index (κ1) is 39.0. The Morgan fingerprint density at radius 2 is 0.854 bits per heavy atom. The Balaban J connectivity index is 1.84. The SMILES string of the molecule is O=S(=O)(OS(=O)(=O)C(F)(F)C(F)(F)C(F)(F)S(=O)(=O)Oc1c(C2CCCCC2)cc(C2CCCCC2)cc1C1CCCCC1)C(F)(F)F. The first-order valence-corrected chi connectivity index (χ1v) is 19.7. The van der Waals surface area contributed by atoms with Gasteiger partial charge in [0.2, 0.25) is 0 Å². The minimum absolute atomic E-state index is 0.0109. The first-order chi connectivity index (χ1) is 22.0. The Labute approximate surface area is 273 Å². The van der Waals surface area contributed by atoms with E-state index in [2.05, 4.69) is 3.63 Å². The van der Waals surface area contributed by atoms with Gasteiger partial charge in [-0.3, -0.25) is 0 Å². The molecule has 276 valence electrons. The summed E-state index contributed by atoms with van der Waals surface area (Å²) >= 11 is 0. The van der Waals surface area contributed by atoms with Gasteiger partial charge in [0, 0.05) is 0 Å². The molecule has 3 fully saturated rings. The van der Waals surface area contributed by atoms with Crippen LogP contribution in [0.25, 0.3) is 0 Å². The summed E-state index contributed by atoms with van der Waals surface area (Å²) in [7, 11) is -23.0. The Hall–Kier alpha value is -1.80. The van der Waals surface area contributed by atoms with Crippen LogP contribution in [0.5, 0.6) is 5.75 Å². The Bertz CT molecular complexity index is 1600. The Morgan fingerprint density at radius 1 is 0.500 bits per heavy atom. The lowest BCUT2D eigenvalue weighted by Gasteiger charge is -2.34. The molecule has 4 rings (SSSR count). The maximum Gasteiger partial charge on any atom is 0.524 e. The predicted molar refractivity (Wildman–Crippen MR) is 153 cm³/mol. The van der Waals surface area contributed by atoms with E-state index in [4.69, 9.17) is 4.18 Å². The third-order valence-corrected chi connectivity index (χ3v) is 13.5. The highest BCUT2D eigenvalue weighted by molar-refractivity contribution is 8.00. The molecule has 1 aromatic rings. The molecule has 0 radical (unpaired) electrons. The zero-order chi connectivity index (χ0) is 36.0. The minimum atomic E-state index is -8.13. The number of hydrogen-bond acceptors (Lipinski definition) is 8. The van der Waals surface area contributed by atoms with E-state index in [-0.39, 0.29) is 17.0 Å². The van der Waals surface area contributed by atoms with Crippen molar-refractivity contribution in [2.75, 3.05) is 0 Å². The molecule has 3 aliphatic carbocycles. The Kier molecular flexibility index (Phi) is 11.2. The number of rotatable bonds is 11. The van der Waals surface area contributed by atoms with Gasteiger partial charge in [-0.25, -0.2) is 0 Å². The molecule has 0 amide bonds. The molecule has 1 aromatic carbocycles. The van der Waals surface area contributed by atoms with Gasteiger partial charge in [0.15, 0.2) is 0 Å². The van der Waals surface area contributed by atoms with Crippen LogP contribution in [-0.2, 0) is 34.0 Å². The van der Waals surface area contributed by atoms with Gasteiger partial charge in [0.05, 0.1) is 0 Å². The highest BCUT2D eigenvalue weighted by Gasteiger charge is 2.84. The fourth-order valence-corrected chi connectivity index (χ4v) is 9.80. The second-order valence-electron chi connectivity index (χ2n) is 12.6. The van der Waals surface area contributed by atoms with Gasteiger partial charge in [-0.15, -0.1) is 3.63 Å². The van der Waals surface area contributed by atoms with Crippen molar-refractivity contribution in [3.8, 4) is 5.75 Å². The molecule has 0 saturated heterocycles. The van der Waals surface area contributed by atoms with E-state index in [1.165, 1.54) is 0 Å². The molecule has 3 saturated carbocycles. The summed E-state index contributed by atoms with van der Waals surface area (Å²) in [5, 5.41) is -14.7.